The molecule has 0 radical (unpaired) electrons. The van der Waals surface area contributed by atoms with Gasteiger partial charge in [0.25, 0.3) is 5.56 Å². The number of hydrogen-bond donors (Lipinski definition) is 0. The zero-order chi connectivity index (χ0) is 16.1. The Labute approximate surface area is 128 Å². The van der Waals surface area contributed by atoms with Gasteiger partial charge in [0.1, 0.15) is 11.2 Å². The molecule has 118 valence electrons. The SMILES string of the molecule is Cn1c(=O)c2c(n3nccc13)CN(C(=O)OC(C)(C)C)CC2. The molecule has 0 saturated heterocycles. The van der Waals surface area contributed by atoms with E-state index in [1.807, 2.05) is 20.8 Å². The van der Waals surface area contributed by atoms with Crippen LogP contribution in [0.1, 0.15) is 32.0 Å². The first-order valence-electron chi connectivity index (χ1n) is 7.30. The summed E-state index contributed by atoms with van der Waals surface area (Å²) in [5.74, 6) is 0. The van der Waals surface area contributed by atoms with Crippen LogP contribution in [0.2, 0.25) is 0 Å². The average molecular weight is 304 g/mol. The highest BCUT2D eigenvalue weighted by atomic mass is 16.6. The third-order valence-electron chi connectivity index (χ3n) is 3.76. The highest BCUT2D eigenvalue weighted by Crippen LogP contribution is 2.19. The number of aryl methyl sites for hydroxylation is 1. The van der Waals surface area contributed by atoms with Gasteiger partial charge in [0, 0.05) is 25.2 Å². The molecule has 0 atom stereocenters. The fourth-order valence-electron chi connectivity index (χ4n) is 2.72. The number of aromatic nitrogens is 3. The van der Waals surface area contributed by atoms with E-state index in [0.717, 1.165) is 16.9 Å². The van der Waals surface area contributed by atoms with Crippen LogP contribution in [-0.2, 0) is 24.8 Å². The molecule has 7 nitrogen and oxygen atoms in total. The van der Waals surface area contributed by atoms with Crippen molar-refractivity contribution in [3.8, 4) is 0 Å². The summed E-state index contributed by atoms with van der Waals surface area (Å²) in [5, 5.41) is 4.28. The molecule has 0 aliphatic carbocycles. The molecule has 1 amide bonds. The predicted octanol–water partition coefficient (Wildman–Crippen LogP) is 1.33. The summed E-state index contributed by atoms with van der Waals surface area (Å²) >= 11 is 0. The van der Waals surface area contributed by atoms with Crippen molar-refractivity contribution < 1.29 is 9.53 Å². The topological polar surface area (TPSA) is 68.8 Å². The summed E-state index contributed by atoms with van der Waals surface area (Å²) in [7, 11) is 1.74. The highest BCUT2D eigenvalue weighted by molar-refractivity contribution is 5.68. The molecule has 0 fully saturated rings. The number of amides is 1. The van der Waals surface area contributed by atoms with E-state index in [0.29, 0.717) is 19.5 Å². The van der Waals surface area contributed by atoms with Gasteiger partial charge in [-0.3, -0.25) is 9.36 Å². The van der Waals surface area contributed by atoms with E-state index in [-0.39, 0.29) is 11.7 Å². The second kappa shape index (κ2) is 4.86. The number of carbonyl (C=O) groups excluding carboxylic acids is 1. The number of ether oxygens (including phenoxy) is 1. The molecule has 2 aromatic rings. The Morgan fingerprint density at radius 2 is 2.09 bits per heavy atom. The van der Waals surface area contributed by atoms with Crippen molar-refractivity contribution in [1.82, 2.24) is 19.1 Å². The van der Waals surface area contributed by atoms with Gasteiger partial charge in [-0.05, 0) is 27.2 Å². The smallest absolute Gasteiger partial charge is 0.410 e. The second-order valence-corrected chi connectivity index (χ2v) is 6.54. The molecule has 2 aromatic heterocycles. The predicted molar refractivity (Wildman–Crippen MR) is 80.8 cm³/mol. The van der Waals surface area contributed by atoms with Gasteiger partial charge in [-0.15, -0.1) is 0 Å². The first-order valence-corrected chi connectivity index (χ1v) is 7.30. The second-order valence-electron chi connectivity index (χ2n) is 6.54. The van der Waals surface area contributed by atoms with Crippen LogP contribution in [0.25, 0.3) is 5.65 Å². The lowest BCUT2D eigenvalue weighted by atomic mass is 10.1. The third-order valence-corrected chi connectivity index (χ3v) is 3.76. The Morgan fingerprint density at radius 1 is 1.36 bits per heavy atom. The summed E-state index contributed by atoms with van der Waals surface area (Å²) < 4.78 is 8.74. The van der Waals surface area contributed by atoms with E-state index in [2.05, 4.69) is 5.10 Å². The molecule has 22 heavy (non-hydrogen) atoms. The van der Waals surface area contributed by atoms with Crippen LogP contribution in [-0.4, -0.2) is 37.3 Å². The maximum atomic E-state index is 12.4. The van der Waals surface area contributed by atoms with Crippen LogP contribution in [0.15, 0.2) is 17.1 Å². The zero-order valence-electron chi connectivity index (χ0n) is 13.3. The van der Waals surface area contributed by atoms with Gasteiger partial charge in [0.15, 0.2) is 0 Å². The fraction of sp³-hybridized carbons (Fsp3) is 0.533. The first-order chi connectivity index (χ1) is 10.3. The molecule has 3 rings (SSSR count). The Kier molecular flexibility index (Phi) is 3.23. The van der Waals surface area contributed by atoms with Gasteiger partial charge < -0.3 is 9.64 Å². The lowest BCUT2D eigenvalue weighted by Crippen LogP contribution is -2.43. The third kappa shape index (κ3) is 2.36. The van der Waals surface area contributed by atoms with Gasteiger partial charge in [-0.2, -0.15) is 5.10 Å². The van der Waals surface area contributed by atoms with Crippen LogP contribution >= 0.6 is 0 Å². The van der Waals surface area contributed by atoms with Crippen LogP contribution in [0.3, 0.4) is 0 Å². The monoisotopic (exact) mass is 304 g/mol. The molecule has 7 heteroatoms. The Bertz CT molecular complexity index is 797. The summed E-state index contributed by atoms with van der Waals surface area (Å²) in [6, 6.07) is 1.79. The van der Waals surface area contributed by atoms with E-state index in [1.165, 1.54) is 0 Å². The number of carbonyl (C=O) groups is 1. The molecule has 0 spiro atoms. The number of fused-ring (bicyclic) bond motifs is 3. The average Bonchev–Trinajstić information content (AvgIpc) is 2.92. The minimum atomic E-state index is -0.537. The normalized spacial score (nSPS) is 15.0. The number of rotatable bonds is 0. The fourth-order valence-corrected chi connectivity index (χ4v) is 2.72. The first kappa shape index (κ1) is 14.6. The molecule has 0 saturated carbocycles. The molecule has 1 aliphatic rings. The molecule has 0 aromatic carbocycles. The van der Waals surface area contributed by atoms with Crippen LogP contribution in [0.5, 0.6) is 0 Å². The van der Waals surface area contributed by atoms with Crippen LogP contribution in [0.4, 0.5) is 4.79 Å². The molecule has 0 bridgehead atoms. The maximum absolute atomic E-state index is 12.4. The maximum Gasteiger partial charge on any atom is 0.410 e. The van der Waals surface area contributed by atoms with Crippen molar-refractivity contribution in [2.45, 2.75) is 39.3 Å². The Hall–Kier alpha value is -2.31. The number of nitrogens with zero attached hydrogens (tertiary/aromatic N) is 4. The van der Waals surface area contributed by atoms with E-state index < -0.39 is 5.60 Å². The molecule has 0 N–H and O–H groups in total. The van der Waals surface area contributed by atoms with E-state index in [4.69, 9.17) is 4.74 Å². The molecular formula is C15H20N4O3. The molecule has 0 unspecified atom stereocenters. The standard InChI is InChI=1S/C15H20N4O3/c1-15(2,3)22-14(21)18-8-6-10-11(9-18)19-12(5-7-16-19)17(4)13(10)20/h5,7H,6,8-9H2,1-4H3. The quantitative estimate of drug-likeness (QED) is 0.736. The van der Waals surface area contributed by atoms with Crippen molar-refractivity contribution in [2.24, 2.45) is 7.05 Å². The summed E-state index contributed by atoms with van der Waals surface area (Å²) in [6.45, 7) is 6.32. The van der Waals surface area contributed by atoms with Crippen LogP contribution < -0.4 is 5.56 Å². The van der Waals surface area contributed by atoms with Gasteiger partial charge in [-0.1, -0.05) is 0 Å². The van der Waals surface area contributed by atoms with E-state index in [9.17, 15) is 9.59 Å². The van der Waals surface area contributed by atoms with Gasteiger partial charge in [0.05, 0.1) is 18.4 Å². The van der Waals surface area contributed by atoms with Crippen molar-refractivity contribution in [2.75, 3.05) is 6.54 Å². The molecule has 3 heterocycles. The minimum Gasteiger partial charge on any atom is -0.444 e. The van der Waals surface area contributed by atoms with Crippen molar-refractivity contribution in [1.29, 1.82) is 0 Å². The minimum absolute atomic E-state index is 0.0214. The summed E-state index contributed by atoms with van der Waals surface area (Å²) in [4.78, 5) is 26.3. The molecular weight excluding hydrogens is 284 g/mol. The van der Waals surface area contributed by atoms with Crippen molar-refractivity contribution >= 4 is 11.7 Å². The summed E-state index contributed by atoms with van der Waals surface area (Å²) in [5.41, 5.74) is 1.64. The Morgan fingerprint density at radius 3 is 2.77 bits per heavy atom. The highest BCUT2D eigenvalue weighted by Gasteiger charge is 2.29. The van der Waals surface area contributed by atoms with Crippen LogP contribution in [0, 0.1) is 0 Å². The summed E-state index contributed by atoms with van der Waals surface area (Å²) in [6.07, 6.45) is 1.80. The Balaban J connectivity index is 2.00. The lowest BCUT2D eigenvalue weighted by molar-refractivity contribution is 0.0218. The van der Waals surface area contributed by atoms with Gasteiger partial charge in [0.2, 0.25) is 0 Å². The van der Waals surface area contributed by atoms with Gasteiger partial charge >= 0.3 is 6.09 Å². The van der Waals surface area contributed by atoms with Crippen molar-refractivity contribution in [3.63, 3.8) is 0 Å². The largest absolute Gasteiger partial charge is 0.444 e. The number of hydrogen-bond acceptors (Lipinski definition) is 4. The zero-order valence-corrected chi connectivity index (χ0v) is 13.3. The van der Waals surface area contributed by atoms with Gasteiger partial charge in [-0.25, -0.2) is 9.31 Å². The van der Waals surface area contributed by atoms with E-state index in [1.54, 1.807) is 33.3 Å². The molecule has 1 aliphatic heterocycles. The lowest BCUT2D eigenvalue weighted by Gasteiger charge is -2.31. The van der Waals surface area contributed by atoms with Crippen molar-refractivity contribution in [3.05, 3.63) is 33.9 Å². The van der Waals surface area contributed by atoms with E-state index >= 15 is 0 Å².